The van der Waals surface area contributed by atoms with Crippen LogP contribution in [-0.4, -0.2) is 21.0 Å². The Labute approximate surface area is 102 Å². The molecule has 2 N–H and O–H groups in total. The fourth-order valence-electron chi connectivity index (χ4n) is 1.45. The molecule has 6 heteroatoms. The summed E-state index contributed by atoms with van der Waals surface area (Å²) in [7, 11) is 0. The molecule has 92 valence electrons. The van der Waals surface area contributed by atoms with Crippen molar-refractivity contribution in [3.63, 3.8) is 0 Å². The topological polar surface area (TPSA) is 75.1 Å². The Bertz CT molecular complexity index is 602. The van der Waals surface area contributed by atoms with Crippen LogP contribution >= 0.6 is 0 Å². The number of nitrogens with zero attached hydrogens (tertiary/aromatic N) is 2. The molecule has 0 aliphatic heterocycles. The summed E-state index contributed by atoms with van der Waals surface area (Å²) in [5, 5.41) is 11.8. The van der Waals surface area contributed by atoms with Gasteiger partial charge in [0.15, 0.2) is 0 Å². The number of nitrogens with one attached hydrogen (secondary N) is 1. The van der Waals surface area contributed by atoms with Crippen molar-refractivity contribution < 1.29 is 14.3 Å². The second kappa shape index (κ2) is 4.79. The standard InChI is InChI=1S/C12H10FN3O2/c1-7-10(3-2-4-14-7)16-11-9(12(17)18)5-8(13)6-15-11/h2-6H,1H3,(H,15,16)(H,17,18). The zero-order valence-corrected chi connectivity index (χ0v) is 9.51. The highest BCUT2D eigenvalue weighted by molar-refractivity contribution is 5.94. The van der Waals surface area contributed by atoms with Crippen LogP contribution in [0.5, 0.6) is 0 Å². The number of carboxylic acid groups (broad SMARTS) is 1. The van der Waals surface area contributed by atoms with Crippen molar-refractivity contribution in [1.29, 1.82) is 0 Å². The molecule has 0 saturated carbocycles. The first kappa shape index (κ1) is 12.0. The number of hydrogen-bond acceptors (Lipinski definition) is 4. The Morgan fingerprint density at radius 2 is 2.22 bits per heavy atom. The third-order valence-electron chi connectivity index (χ3n) is 2.34. The zero-order valence-electron chi connectivity index (χ0n) is 9.51. The van der Waals surface area contributed by atoms with Gasteiger partial charge in [0.05, 0.1) is 17.6 Å². The van der Waals surface area contributed by atoms with Crippen LogP contribution in [0.2, 0.25) is 0 Å². The van der Waals surface area contributed by atoms with E-state index in [4.69, 9.17) is 5.11 Å². The first-order valence-electron chi connectivity index (χ1n) is 5.15. The van der Waals surface area contributed by atoms with Crippen LogP contribution in [0.25, 0.3) is 0 Å². The summed E-state index contributed by atoms with van der Waals surface area (Å²) in [4.78, 5) is 18.8. The fourth-order valence-corrected chi connectivity index (χ4v) is 1.45. The highest BCUT2D eigenvalue weighted by Gasteiger charge is 2.13. The van der Waals surface area contributed by atoms with Gasteiger partial charge in [-0.25, -0.2) is 14.2 Å². The molecule has 2 rings (SSSR count). The van der Waals surface area contributed by atoms with Gasteiger partial charge in [0, 0.05) is 6.20 Å². The van der Waals surface area contributed by atoms with Crippen molar-refractivity contribution in [3.8, 4) is 0 Å². The first-order chi connectivity index (χ1) is 8.58. The number of aromatic carboxylic acids is 1. The van der Waals surface area contributed by atoms with E-state index in [0.29, 0.717) is 11.4 Å². The molecule has 0 amide bonds. The highest BCUT2D eigenvalue weighted by Crippen LogP contribution is 2.20. The number of anilines is 2. The molecule has 0 aliphatic rings. The number of hydrogen-bond donors (Lipinski definition) is 2. The van der Waals surface area contributed by atoms with E-state index in [-0.39, 0.29) is 11.4 Å². The largest absolute Gasteiger partial charge is 0.478 e. The maximum Gasteiger partial charge on any atom is 0.339 e. The minimum atomic E-state index is -1.24. The van der Waals surface area contributed by atoms with Crippen LogP contribution in [0, 0.1) is 12.7 Å². The van der Waals surface area contributed by atoms with Crippen LogP contribution in [0.15, 0.2) is 30.6 Å². The van der Waals surface area contributed by atoms with Crippen LogP contribution in [-0.2, 0) is 0 Å². The summed E-state index contributed by atoms with van der Waals surface area (Å²) in [6.07, 6.45) is 2.58. The first-order valence-corrected chi connectivity index (χ1v) is 5.15. The van der Waals surface area contributed by atoms with Crippen LogP contribution in [0.1, 0.15) is 16.1 Å². The molecule has 2 heterocycles. The molecule has 0 bridgehead atoms. The number of pyridine rings is 2. The van der Waals surface area contributed by atoms with E-state index in [9.17, 15) is 9.18 Å². The van der Waals surface area contributed by atoms with Gasteiger partial charge in [-0.15, -0.1) is 0 Å². The average molecular weight is 247 g/mol. The Balaban J connectivity index is 2.41. The number of aromatic nitrogens is 2. The Morgan fingerprint density at radius 1 is 1.44 bits per heavy atom. The molecule has 2 aromatic heterocycles. The maximum absolute atomic E-state index is 13.0. The van der Waals surface area contributed by atoms with Gasteiger partial charge in [-0.2, -0.15) is 0 Å². The molecule has 0 aliphatic carbocycles. The van der Waals surface area contributed by atoms with Crippen LogP contribution in [0.4, 0.5) is 15.9 Å². The fraction of sp³-hybridized carbons (Fsp3) is 0.0833. The molecule has 0 radical (unpaired) electrons. The van der Waals surface area contributed by atoms with Gasteiger partial charge >= 0.3 is 5.97 Å². The van der Waals surface area contributed by atoms with Crippen LogP contribution < -0.4 is 5.32 Å². The van der Waals surface area contributed by atoms with Crippen LogP contribution in [0.3, 0.4) is 0 Å². The van der Waals surface area contributed by atoms with Crippen molar-refractivity contribution in [2.24, 2.45) is 0 Å². The summed E-state index contributed by atoms with van der Waals surface area (Å²) < 4.78 is 13.0. The Morgan fingerprint density at radius 3 is 2.89 bits per heavy atom. The van der Waals surface area contributed by atoms with E-state index in [1.54, 1.807) is 25.3 Å². The molecule has 0 saturated heterocycles. The van der Waals surface area contributed by atoms with E-state index < -0.39 is 11.8 Å². The molecule has 0 fully saturated rings. The summed E-state index contributed by atoms with van der Waals surface area (Å²) in [5.74, 6) is -1.85. The normalized spacial score (nSPS) is 10.1. The predicted octanol–water partition coefficient (Wildman–Crippen LogP) is 2.37. The van der Waals surface area contributed by atoms with E-state index >= 15 is 0 Å². The number of rotatable bonds is 3. The quantitative estimate of drug-likeness (QED) is 0.870. The lowest BCUT2D eigenvalue weighted by atomic mass is 10.2. The van der Waals surface area contributed by atoms with E-state index in [1.807, 2.05) is 0 Å². The van der Waals surface area contributed by atoms with Gasteiger partial charge in [-0.3, -0.25) is 4.98 Å². The molecule has 5 nitrogen and oxygen atoms in total. The van der Waals surface area contributed by atoms with Gasteiger partial charge < -0.3 is 10.4 Å². The van der Waals surface area contributed by atoms with Gasteiger partial charge in [0.2, 0.25) is 0 Å². The van der Waals surface area contributed by atoms with Gasteiger partial charge in [0.25, 0.3) is 0 Å². The summed E-state index contributed by atoms with van der Waals surface area (Å²) in [6.45, 7) is 1.77. The Kier molecular flexibility index (Phi) is 3.18. The third-order valence-corrected chi connectivity index (χ3v) is 2.34. The molecule has 0 aromatic carbocycles. The molecule has 0 atom stereocenters. The van der Waals surface area contributed by atoms with E-state index in [1.165, 1.54) is 0 Å². The Hall–Kier alpha value is -2.50. The lowest BCUT2D eigenvalue weighted by Gasteiger charge is -2.09. The SMILES string of the molecule is Cc1ncccc1Nc1ncc(F)cc1C(=O)O. The van der Waals surface area contributed by atoms with Crippen molar-refractivity contribution in [2.45, 2.75) is 6.92 Å². The molecular formula is C12H10FN3O2. The zero-order chi connectivity index (χ0) is 13.1. The maximum atomic E-state index is 13.0. The van der Waals surface area contributed by atoms with Crippen molar-refractivity contribution >= 4 is 17.5 Å². The van der Waals surface area contributed by atoms with E-state index in [2.05, 4.69) is 15.3 Å². The van der Waals surface area contributed by atoms with Crippen molar-refractivity contribution in [1.82, 2.24) is 9.97 Å². The molecule has 2 aromatic rings. The summed E-state index contributed by atoms with van der Waals surface area (Å²) in [5.41, 5.74) is 1.09. The van der Waals surface area contributed by atoms with Gasteiger partial charge in [0.1, 0.15) is 17.2 Å². The monoisotopic (exact) mass is 247 g/mol. The minimum absolute atomic E-state index is 0.0833. The van der Waals surface area contributed by atoms with Crippen molar-refractivity contribution in [2.75, 3.05) is 5.32 Å². The second-order valence-electron chi connectivity index (χ2n) is 3.62. The summed E-state index contributed by atoms with van der Waals surface area (Å²) >= 11 is 0. The molecule has 18 heavy (non-hydrogen) atoms. The lowest BCUT2D eigenvalue weighted by molar-refractivity contribution is 0.0697. The highest BCUT2D eigenvalue weighted by atomic mass is 19.1. The lowest BCUT2D eigenvalue weighted by Crippen LogP contribution is -2.06. The number of halogens is 1. The smallest absolute Gasteiger partial charge is 0.339 e. The summed E-state index contributed by atoms with van der Waals surface area (Å²) in [6, 6.07) is 4.36. The van der Waals surface area contributed by atoms with Gasteiger partial charge in [-0.05, 0) is 25.1 Å². The second-order valence-corrected chi connectivity index (χ2v) is 3.62. The number of aryl methyl sites for hydroxylation is 1. The molecule has 0 spiro atoms. The number of carbonyl (C=O) groups is 1. The van der Waals surface area contributed by atoms with Gasteiger partial charge in [-0.1, -0.05) is 0 Å². The third kappa shape index (κ3) is 2.42. The number of carboxylic acids is 1. The minimum Gasteiger partial charge on any atom is -0.478 e. The van der Waals surface area contributed by atoms with E-state index in [0.717, 1.165) is 12.3 Å². The molecular weight excluding hydrogens is 237 g/mol. The molecule has 0 unspecified atom stereocenters. The van der Waals surface area contributed by atoms with Crippen molar-refractivity contribution in [3.05, 3.63) is 47.7 Å². The average Bonchev–Trinajstić information content (AvgIpc) is 2.34. The predicted molar refractivity (Wildman–Crippen MR) is 63.4 cm³/mol.